The van der Waals surface area contributed by atoms with Gasteiger partial charge >= 0.3 is 6.03 Å². The number of benzene rings is 2. The zero-order valence-electron chi connectivity index (χ0n) is 18.0. The molecule has 4 rings (SSSR count). The van der Waals surface area contributed by atoms with E-state index in [0.717, 1.165) is 28.9 Å². The summed E-state index contributed by atoms with van der Waals surface area (Å²) in [7, 11) is -1.64. The molecule has 2 unspecified atom stereocenters. The molecule has 0 aromatic heterocycles. The summed E-state index contributed by atoms with van der Waals surface area (Å²) in [5.74, 6) is 0.806. The minimum Gasteiger partial charge on any atom is -0.491 e. The van der Waals surface area contributed by atoms with Crippen LogP contribution in [-0.4, -0.2) is 69.3 Å². The monoisotopic (exact) mass is 443 g/mol. The van der Waals surface area contributed by atoms with Crippen LogP contribution < -0.4 is 9.46 Å². The number of nitrogens with zero attached hydrogens (tertiary/aromatic N) is 2. The van der Waals surface area contributed by atoms with Gasteiger partial charge in [-0.25, -0.2) is 17.9 Å². The van der Waals surface area contributed by atoms with E-state index in [1.165, 1.54) is 6.26 Å². The number of carbonyl (C=O) groups is 1. The lowest BCUT2D eigenvalue weighted by atomic mass is 9.89. The second kappa shape index (κ2) is 8.88. The summed E-state index contributed by atoms with van der Waals surface area (Å²) in [4.78, 5) is 16.6. The molecule has 7 nitrogen and oxygen atoms in total. The van der Waals surface area contributed by atoms with Crippen LogP contribution in [0.3, 0.4) is 0 Å². The highest BCUT2D eigenvalue weighted by molar-refractivity contribution is 7.88. The summed E-state index contributed by atoms with van der Waals surface area (Å²) in [5.41, 5.74) is 3.05. The molecule has 31 heavy (non-hydrogen) atoms. The minimum absolute atomic E-state index is 0.0868. The highest BCUT2D eigenvalue weighted by atomic mass is 32.2. The largest absolute Gasteiger partial charge is 0.491 e. The van der Waals surface area contributed by atoms with Gasteiger partial charge in [0.1, 0.15) is 12.4 Å². The number of rotatable bonds is 3. The number of likely N-dealkylation sites (N-methyl/N-ethyl adjacent to an activating group) is 1. The fourth-order valence-corrected chi connectivity index (χ4v) is 5.37. The van der Waals surface area contributed by atoms with Crippen molar-refractivity contribution >= 4 is 16.1 Å². The third-order valence-electron chi connectivity index (χ3n) is 6.00. The van der Waals surface area contributed by atoms with Crippen LogP contribution in [0.2, 0.25) is 0 Å². The molecule has 2 aromatic carbocycles. The molecule has 1 saturated heterocycles. The van der Waals surface area contributed by atoms with E-state index in [1.54, 1.807) is 11.9 Å². The number of hydrogen-bond acceptors (Lipinski definition) is 4. The lowest BCUT2D eigenvalue weighted by molar-refractivity contribution is 0.101. The minimum atomic E-state index is -3.40. The first-order valence-electron chi connectivity index (χ1n) is 10.6. The molecule has 2 aromatic rings. The summed E-state index contributed by atoms with van der Waals surface area (Å²) in [6.45, 7) is 1.46. The summed E-state index contributed by atoms with van der Waals surface area (Å²) < 4.78 is 33.1. The van der Waals surface area contributed by atoms with Gasteiger partial charge in [0.15, 0.2) is 0 Å². The number of ether oxygens (including phenoxy) is 1. The van der Waals surface area contributed by atoms with Crippen molar-refractivity contribution in [2.75, 3.05) is 33.0 Å². The van der Waals surface area contributed by atoms with Gasteiger partial charge in [-0.05, 0) is 30.4 Å². The molecule has 166 valence electrons. The first-order chi connectivity index (χ1) is 14.8. The molecule has 2 atom stereocenters. The van der Waals surface area contributed by atoms with Crippen molar-refractivity contribution in [2.24, 2.45) is 0 Å². The van der Waals surface area contributed by atoms with E-state index in [2.05, 4.69) is 16.9 Å². The SMILES string of the molecule is CN1CCOc2c(cccc2-c2ccccc2)CC2C(NS(C)(=O)=O)CCCN2C1=O. The number of piperidine rings is 1. The van der Waals surface area contributed by atoms with Crippen molar-refractivity contribution in [2.45, 2.75) is 31.3 Å². The lowest BCUT2D eigenvalue weighted by Gasteiger charge is -2.43. The topological polar surface area (TPSA) is 79.0 Å². The van der Waals surface area contributed by atoms with Crippen LogP contribution in [-0.2, 0) is 16.4 Å². The van der Waals surface area contributed by atoms with Gasteiger partial charge in [-0.2, -0.15) is 0 Å². The van der Waals surface area contributed by atoms with Crippen LogP contribution in [0.5, 0.6) is 5.75 Å². The number of fused-ring (bicyclic) bond motifs is 2. The molecule has 0 bridgehead atoms. The predicted octanol–water partition coefficient (Wildman–Crippen LogP) is 2.72. The molecule has 8 heteroatoms. The maximum atomic E-state index is 13.1. The number of amides is 2. The Morgan fingerprint density at radius 1 is 1.06 bits per heavy atom. The van der Waals surface area contributed by atoms with Gasteiger partial charge in [0, 0.05) is 25.2 Å². The maximum absolute atomic E-state index is 13.1. The number of hydrogen-bond donors (Lipinski definition) is 1. The molecular formula is C23H29N3O4S. The van der Waals surface area contributed by atoms with Gasteiger partial charge in [-0.1, -0.05) is 48.5 Å². The Balaban J connectivity index is 1.78. The molecule has 2 aliphatic rings. The van der Waals surface area contributed by atoms with E-state index in [4.69, 9.17) is 4.74 Å². The molecule has 2 amide bonds. The van der Waals surface area contributed by atoms with Crippen molar-refractivity contribution in [3.8, 4) is 16.9 Å². The van der Waals surface area contributed by atoms with Crippen molar-refractivity contribution in [1.82, 2.24) is 14.5 Å². The van der Waals surface area contributed by atoms with Crippen LogP contribution in [0.15, 0.2) is 48.5 Å². The zero-order valence-corrected chi connectivity index (χ0v) is 18.8. The molecule has 2 heterocycles. The second-order valence-corrected chi connectivity index (χ2v) is 10.1. The first kappa shape index (κ1) is 21.6. The summed E-state index contributed by atoms with van der Waals surface area (Å²) in [5, 5.41) is 0. The average Bonchev–Trinajstić information content (AvgIpc) is 2.74. The Kier molecular flexibility index (Phi) is 6.20. The van der Waals surface area contributed by atoms with E-state index in [0.29, 0.717) is 32.5 Å². The van der Waals surface area contributed by atoms with Gasteiger partial charge in [0.05, 0.1) is 18.8 Å². The first-order valence-corrected chi connectivity index (χ1v) is 12.5. The van der Waals surface area contributed by atoms with Gasteiger partial charge in [-0.3, -0.25) is 0 Å². The van der Waals surface area contributed by atoms with E-state index >= 15 is 0 Å². The summed E-state index contributed by atoms with van der Waals surface area (Å²) in [6.07, 6.45) is 3.14. The highest BCUT2D eigenvalue weighted by Gasteiger charge is 2.38. The van der Waals surface area contributed by atoms with Gasteiger partial charge < -0.3 is 14.5 Å². The number of para-hydroxylation sites is 1. The lowest BCUT2D eigenvalue weighted by Crippen LogP contribution is -2.60. The summed E-state index contributed by atoms with van der Waals surface area (Å²) >= 11 is 0. The fourth-order valence-electron chi connectivity index (χ4n) is 4.55. The smallest absolute Gasteiger partial charge is 0.320 e. The van der Waals surface area contributed by atoms with Crippen molar-refractivity contribution in [3.05, 3.63) is 54.1 Å². The highest BCUT2D eigenvalue weighted by Crippen LogP contribution is 2.36. The Morgan fingerprint density at radius 3 is 2.58 bits per heavy atom. The van der Waals surface area contributed by atoms with E-state index in [9.17, 15) is 13.2 Å². The summed E-state index contributed by atoms with van der Waals surface area (Å²) in [6, 6.07) is 15.4. The Hall–Kier alpha value is -2.58. The molecule has 2 aliphatic heterocycles. The van der Waals surface area contributed by atoms with Gasteiger partial charge in [0.25, 0.3) is 0 Å². The molecular weight excluding hydrogens is 414 g/mol. The second-order valence-electron chi connectivity index (χ2n) is 8.32. The number of sulfonamides is 1. The van der Waals surface area contributed by atoms with E-state index in [1.807, 2.05) is 41.3 Å². The molecule has 0 spiro atoms. The van der Waals surface area contributed by atoms with E-state index in [-0.39, 0.29) is 18.1 Å². The average molecular weight is 444 g/mol. The van der Waals surface area contributed by atoms with Crippen molar-refractivity contribution in [3.63, 3.8) is 0 Å². The molecule has 0 aliphatic carbocycles. The quantitative estimate of drug-likeness (QED) is 0.791. The Morgan fingerprint density at radius 2 is 1.84 bits per heavy atom. The number of nitrogens with one attached hydrogen (secondary N) is 1. The van der Waals surface area contributed by atoms with Gasteiger partial charge in [0.2, 0.25) is 10.0 Å². The van der Waals surface area contributed by atoms with Crippen LogP contribution in [0.1, 0.15) is 18.4 Å². The third-order valence-corrected chi connectivity index (χ3v) is 6.73. The maximum Gasteiger partial charge on any atom is 0.320 e. The molecule has 1 fully saturated rings. The van der Waals surface area contributed by atoms with E-state index < -0.39 is 10.0 Å². The van der Waals surface area contributed by atoms with Crippen molar-refractivity contribution in [1.29, 1.82) is 0 Å². The number of urea groups is 1. The third kappa shape index (κ3) is 4.85. The number of carbonyl (C=O) groups excluding carboxylic acids is 1. The van der Waals surface area contributed by atoms with Crippen LogP contribution in [0.4, 0.5) is 4.79 Å². The zero-order chi connectivity index (χ0) is 22.0. The van der Waals surface area contributed by atoms with Gasteiger partial charge in [-0.15, -0.1) is 0 Å². The Labute approximate surface area is 184 Å². The predicted molar refractivity (Wildman–Crippen MR) is 121 cm³/mol. The molecule has 0 saturated carbocycles. The normalized spacial score (nSPS) is 22.3. The fraction of sp³-hybridized carbons (Fsp3) is 0.435. The van der Waals surface area contributed by atoms with Crippen LogP contribution in [0.25, 0.3) is 11.1 Å². The van der Waals surface area contributed by atoms with Crippen LogP contribution in [0, 0.1) is 0 Å². The standard InChI is InChI=1S/C23H29N3O4S/c1-25-14-15-30-22-18(10-6-11-19(22)17-8-4-3-5-9-17)16-21-20(24-31(2,28)29)12-7-13-26(21)23(25)27/h3-6,8-11,20-21,24H,7,12-16H2,1-2H3. The van der Waals surface area contributed by atoms with Crippen LogP contribution >= 0.6 is 0 Å². The van der Waals surface area contributed by atoms with Crippen molar-refractivity contribution < 1.29 is 17.9 Å². The molecule has 1 N–H and O–H groups in total. The Bertz CT molecular complexity index is 1040. The molecule has 0 radical (unpaired) electrons.